The van der Waals surface area contributed by atoms with Crippen LogP contribution in [0.3, 0.4) is 0 Å². The summed E-state index contributed by atoms with van der Waals surface area (Å²) < 4.78 is 29.4. The molecule has 4 heterocycles. The molecule has 0 unspecified atom stereocenters. The summed E-state index contributed by atoms with van der Waals surface area (Å²) in [5.74, 6) is 0.0782. The fourth-order valence-electron chi connectivity index (χ4n) is 4.13. The zero-order chi connectivity index (χ0) is 23.9. The van der Waals surface area contributed by atoms with E-state index in [0.717, 1.165) is 16.8 Å². The van der Waals surface area contributed by atoms with Gasteiger partial charge < -0.3 is 5.32 Å². The molecule has 0 radical (unpaired) electrons. The molecule has 1 fully saturated rings. The summed E-state index contributed by atoms with van der Waals surface area (Å²) in [6, 6.07) is 11.3. The predicted octanol–water partition coefficient (Wildman–Crippen LogP) is 3.22. The third kappa shape index (κ3) is 4.10. The Morgan fingerprint density at radius 2 is 2.00 bits per heavy atom. The van der Waals surface area contributed by atoms with Crippen LogP contribution in [0.5, 0.6) is 0 Å². The number of nitrogens with zero attached hydrogens (tertiary/aromatic N) is 5. The minimum absolute atomic E-state index is 0.139. The fraction of sp³-hybridized carbons (Fsp3) is 0.292. The Labute approximate surface area is 198 Å². The number of carbonyl (C=O) groups excluding carboxylic acids is 1. The van der Waals surface area contributed by atoms with Gasteiger partial charge in [-0.25, -0.2) is 22.4 Å². The van der Waals surface area contributed by atoms with Crippen molar-refractivity contribution in [2.45, 2.75) is 26.2 Å². The molecule has 1 amide bonds. The van der Waals surface area contributed by atoms with E-state index in [9.17, 15) is 13.2 Å². The first kappa shape index (κ1) is 22.3. The lowest BCUT2D eigenvalue weighted by Gasteiger charge is -2.37. The largest absolute Gasteiger partial charge is 0.320 e. The molecule has 1 N–H and O–H groups in total. The van der Waals surface area contributed by atoms with Gasteiger partial charge in [-0.05, 0) is 48.7 Å². The maximum atomic E-state index is 12.9. The van der Waals surface area contributed by atoms with Crippen LogP contribution in [0.2, 0.25) is 0 Å². The van der Waals surface area contributed by atoms with Gasteiger partial charge in [-0.15, -0.1) is 0 Å². The number of benzene rings is 1. The topological polar surface area (TPSA) is 102 Å². The third-order valence-corrected chi connectivity index (χ3v) is 8.17. The van der Waals surface area contributed by atoms with Crippen molar-refractivity contribution in [2.24, 2.45) is 0 Å². The molecule has 4 aromatic rings. The van der Waals surface area contributed by atoms with Crippen LogP contribution in [0.4, 0.5) is 5.69 Å². The second-order valence-corrected chi connectivity index (χ2v) is 10.7. The lowest BCUT2D eigenvalue weighted by molar-refractivity contribution is 0.102. The van der Waals surface area contributed by atoms with Gasteiger partial charge in [0.05, 0.1) is 23.8 Å². The van der Waals surface area contributed by atoms with E-state index in [1.165, 1.54) is 4.31 Å². The summed E-state index contributed by atoms with van der Waals surface area (Å²) >= 11 is 0. The maximum absolute atomic E-state index is 12.9. The minimum Gasteiger partial charge on any atom is -0.320 e. The van der Waals surface area contributed by atoms with Crippen molar-refractivity contribution >= 4 is 27.3 Å². The molecule has 0 saturated carbocycles. The van der Waals surface area contributed by atoms with Gasteiger partial charge >= 0.3 is 0 Å². The molecule has 1 aliphatic heterocycles. The molecule has 1 saturated heterocycles. The second kappa shape index (κ2) is 8.69. The number of sulfonamides is 1. The third-order valence-electron chi connectivity index (χ3n) is 6.16. The zero-order valence-electron chi connectivity index (χ0n) is 19.0. The molecule has 10 heteroatoms. The lowest BCUT2D eigenvalue weighted by Crippen LogP contribution is -2.49. The summed E-state index contributed by atoms with van der Waals surface area (Å²) in [7, 11) is -3.15. The van der Waals surface area contributed by atoms with Crippen LogP contribution in [0.1, 0.15) is 40.9 Å². The van der Waals surface area contributed by atoms with Crippen LogP contribution in [-0.4, -0.2) is 56.6 Å². The number of hydrogen-bond acceptors (Lipinski definition) is 5. The number of aromatic nitrogens is 4. The highest BCUT2D eigenvalue weighted by Crippen LogP contribution is 2.30. The average molecular weight is 479 g/mol. The quantitative estimate of drug-likeness (QED) is 0.440. The maximum Gasteiger partial charge on any atom is 0.274 e. The first-order valence-corrected chi connectivity index (χ1v) is 12.8. The SMILES string of the molecule is CCCS(=O)(=O)N1CC(c2cnn(-c3ccc(C)c(NC(=O)c4cnc5ccccn45)c3)c2)C1. The van der Waals surface area contributed by atoms with E-state index < -0.39 is 10.0 Å². The number of anilines is 1. The predicted molar refractivity (Wildman–Crippen MR) is 130 cm³/mol. The molecule has 5 rings (SSSR count). The fourth-order valence-corrected chi connectivity index (χ4v) is 5.71. The molecule has 0 spiro atoms. The van der Waals surface area contributed by atoms with Crippen molar-refractivity contribution in [2.75, 3.05) is 24.2 Å². The molecule has 9 nitrogen and oxygen atoms in total. The summed E-state index contributed by atoms with van der Waals surface area (Å²) in [6.45, 7) is 4.78. The summed E-state index contributed by atoms with van der Waals surface area (Å²) in [5.41, 5.74) is 4.58. The van der Waals surface area contributed by atoms with Gasteiger partial charge in [0.1, 0.15) is 11.3 Å². The normalized spacial score (nSPS) is 14.9. The molecule has 1 aromatic carbocycles. The average Bonchev–Trinajstić information content (AvgIpc) is 3.41. The van der Waals surface area contributed by atoms with E-state index >= 15 is 0 Å². The van der Waals surface area contributed by atoms with E-state index in [2.05, 4.69) is 15.4 Å². The monoisotopic (exact) mass is 478 g/mol. The standard InChI is InChI=1S/C24H26N6O3S/c1-3-10-34(32,33)28-14-19(15-28)18-12-26-30(16-18)20-8-7-17(2)21(11-20)27-24(31)22-13-25-23-6-4-5-9-29(22)23/h4-9,11-13,16,19H,3,10,14-15H2,1-2H3,(H,27,31). The molecule has 1 aliphatic rings. The molecule has 34 heavy (non-hydrogen) atoms. The first-order valence-electron chi connectivity index (χ1n) is 11.2. The van der Waals surface area contributed by atoms with Gasteiger partial charge in [0.25, 0.3) is 5.91 Å². The van der Waals surface area contributed by atoms with Crippen LogP contribution in [0.15, 0.2) is 61.2 Å². The van der Waals surface area contributed by atoms with Crippen molar-refractivity contribution in [3.63, 3.8) is 0 Å². The number of amides is 1. The summed E-state index contributed by atoms with van der Waals surface area (Å²) in [4.78, 5) is 17.2. The van der Waals surface area contributed by atoms with Crippen LogP contribution in [0, 0.1) is 6.92 Å². The van der Waals surface area contributed by atoms with Crippen LogP contribution in [0.25, 0.3) is 11.3 Å². The number of pyridine rings is 1. The van der Waals surface area contributed by atoms with Gasteiger partial charge in [-0.3, -0.25) is 9.20 Å². The van der Waals surface area contributed by atoms with Crippen molar-refractivity contribution in [3.8, 4) is 5.69 Å². The van der Waals surface area contributed by atoms with Crippen molar-refractivity contribution in [3.05, 3.63) is 78.0 Å². The van der Waals surface area contributed by atoms with Crippen molar-refractivity contribution in [1.29, 1.82) is 0 Å². The molecule has 3 aromatic heterocycles. The highest BCUT2D eigenvalue weighted by atomic mass is 32.2. The van der Waals surface area contributed by atoms with E-state index in [1.54, 1.807) is 27.7 Å². The Bertz CT molecular complexity index is 1470. The molecular weight excluding hydrogens is 452 g/mol. The summed E-state index contributed by atoms with van der Waals surface area (Å²) in [5, 5.41) is 7.46. The van der Waals surface area contributed by atoms with Crippen molar-refractivity contribution < 1.29 is 13.2 Å². The Morgan fingerprint density at radius 1 is 1.18 bits per heavy atom. The van der Waals surface area contributed by atoms with E-state index in [0.29, 0.717) is 36.5 Å². The highest BCUT2D eigenvalue weighted by Gasteiger charge is 2.36. The second-order valence-electron chi connectivity index (χ2n) is 8.57. The van der Waals surface area contributed by atoms with Gasteiger partial charge in [0, 0.05) is 37.1 Å². The summed E-state index contributed by atoms with van der Waals surface area (Å²) in [6.07, 6.45) is 7.69. The van der Waals surface area contributed by atoms with Crippen LogP contribution >= 0.6 is 0 Å². The molecule has 0 atom stereocenters. The Hall–Kier alpha value is -3.50. The van der Waals surface area contributed by atoms with Crippen LogP contribution in [-0.2, 0) is 10.0 Å². The number of fused-ring (bicyclic) bond motifs is 1. The number of rotatable bonds is 7. The van der Waals surface area contributed by atoms with Crippen molar-refractivity contribution in [1.82, 2.24) is 23.5 Å². The van der Waals surface area contributed by atoms with Crippen LogP contribution < -0.4 is 5.32 Å². The number of nitrogens with one attached hydrogen (secondary N) is 1. The lowest BCUT2D eigenvalue weighted by atomic mass is 9.97. The number of carbonyl (C=O) groups is 1. The Balaban J connectivity index is 1.32. The van der Waals surface area contributed by atoms with E-state index in [1.807, 2.05) is 56.4 Å². The molecule has 0 aliphatic carbocycles. The zero-order valence-corrected chi connectivity index (χ0v) is 19.9. The highest BCUT2D eigenvalue weighted by molar-refractivity contribution is 7.89. The van der Waals surface area contributed by atoms with E-state index in [-0.39, 0.29) is 17.6 Å². The van der Waals surface area contributed by atoms with E-state index in [4.69, 9.17) is 0 Å². The minimum atomic E-state index is -3.15. The number of aryl methyl sites for hydroxylation is 1. The van der Waals surface area contributed by atoms with Gasteiger partial charge in [-0.1, -0.05) is 19.1 Å². The molecular formula is C24H26N6O3S. The van der Waals surface area contributed by atoms with Gasteiger partial charge in [-0.2, -0.15) is 5.10 Å². The number of hydrogen-bond donors (Lipinski definition) is 1. The Morgan fingerprint density at radius 3 is 2.79 bits per heavy atom. The molecule has 176 valence electrons. The first-order chi connectivity index (χ1) is 16.4. The Kier molecular flexibility index (Phi) is 5.70. The number of imidazole rings is 1. The smallest absolute Gasteiger partial charge is 0.274 e. The van der Waals surface area contributed by atoms with Gasteiger partial charge in [0.15, 0.2) is 0 Å². The molecule has 0 bridgehead atoms. The van der Waals surface area contributed by atoms with Gasteiger partial charge in [0.2, 0.25) is 10.0 Å².